The molecule has 5 nitrogen and oxygen atoms in total. The molecule has 21 heavy (non-hydrogen) atoms. The van der Waals surface area contributed by atoms with Gasteiger partial charge in [-0.3, -0.25) is 0 Å². The molecule has 0 bridgehead atoms. The van der Waals surface area contributed by atoms with E-state index in [1.165, 1.54) is 6.42 Å². The number of ether oxygens (including phenoxy) is 1. The highest BCUT2D eigenvalue weighted by atomic mass is 32.2. The monoisotopic (exact) mass is 308 g/mol. The zero-order chi connectivity index (χ0) is 14.5. The van der Waals surface area contributed by atoms with Crippen molar-refractivity contribution in [2.45, 2.75) is 36.9 Å². The van der Waals surface area contributed by atoms with E-state index in [1.54, 1.807) is 0 Å². The largest absolute Gasteiger partial charge is 0.381 e. The minimum Gasteiger partial charge on any atom is -0.381 e. The minimum absolute atomic E-state index is 0.530. The molecule has 3 rings (SSSR count). The van der Waals surface area contributed by atoms with Crippen LogP contribution in [-0.2, 0) is 11.3 Å². The first-order chi connectivity index (χ1) is 10.4. The van der Waals surface area contributed by atoms with E-state index in [2.05, 4.69) is 26.7 Å². The number of aromatic nitrogens is 3. The predicted octanol–water partition coefficient (Wildman–Crippen LogP) is 2.06. The number of nitrogens with one attached hydrogen (secondary N) is 1. The molecular weight excluding hydrogens is 284 g/mol. The van der Waals surface area contributed by atoms with E-state index in [9.17, 15) is 0 Å². The first kappa shape index (κ1) is 15.1. The number of hydrogen-bond donors (Lipinski definition) is 1. The Labute approximate surface area is 130 Å². The van der Waals surface area contributed by atoms with E-state index in [4.69, 9.17) is 4.74 Å². The summed E-state index contributed by atoms with van der Waals surface area (Å²) in [4.78, 5) is 0. The lowest BCUT2D eigenvalue weighted by molar-refractivity contribution is 0.189. The Kier molecular flexibility index (Phi) is 5.32. The van der Waals surface area contributed by atoms with Gasteiger partial charge in [0, 0.05) is 24.8 Å². The molecule has 0 spiro atoms. The van der Waals surface area contributed by atoms with Gasteiger partial charge in [-0.25, -0.2) is 0 Å². The second kappa shape index (κ2) is 7.42. The summed E-state index contributed by atoms with van der Waals surface area (Å²) in [5.41, 5.74) is 0. The molecule has 2 aliphatic rings. The molecule has 0 aromatic carbocycles. The Balaban J connectivity index is 1.69. The first-order valence-corrected chi connectivity index (χ1v) is 8.82. The molecule has 1 atom stereocenters. The SMILES string of the molecule is C=CCn1c(SC[C@@H]2CCOC2)nnc1C1CCNCC1. The normalized spacial score (nSPS) is 23.5. The molecule has 3 heterocycles. The average molecular weight is 308 g/mol. The van der Waals surface area contributed by atoms with Gasteiger partial charge in [-0.15, -0.1) is 16.8 Å². The van der Waals surface area contributed by atoms with Crippen LogP contribution in [-0.4, -0.2) is 46.8 Å². The summed E-state index contributed by atoms with van der Waals surface area (Å²) in [6, 6.07) is 0. The third-order valence-electron chi connectivity index (χ3n) is 4.23. The van der Waals surface area contributed by atoms with Gasteiger partial charge in [0.2, 0.25) is 0 Å². The van der Waals surface area contributed by atoms with Crippen LogP contribution >= 0.6 is 11.8 Å². The topological polar surface area (TPSA) is 52.0 Å². The number of thioether (sulfide) groups is 1. The van der Waals surface area contributed by atoms with Gasteiger partial charge in [0.1, 0.15) is 5.82 Å². The fourth-order valence-corrected chi connectivity index (χ4v) is 4.07. The van der Waals surface area contributed by atoms with Crippen molar-refractivity contribution in [3.05, 3.63) is 18.5 Å². The van der Waals surface area contributed by atoms with Crippen molar-refractivity contribution < 1.29 is 4.74 Å². The van der Waals surface area contributed by atoms with Crippen molar-refractivity contribution in [2.24, 2.45) is 5.92 Å². The number of nitrogens with zero attached hydrogens (tertiary/aromatic N) is 3. The van der Waals surface area contributed by atoms with Gasteiger partial charge >= 0.3 is 0 Å². The maximum absolute atomic E-state index is 5.44. The fourth-order valence-electron chi connectivity index (χ4n) is 3.00. The Morgan fingerprint density at radius 1 is 1.33 bits per heavy atom. The Morgan fingerprint density at radius 2 is 2.19 bits per heavy atom. The average Bonchev–Trinajstić information content (AvgIpc) is 3.16. The van der Waals surface area contributed by atoms with Gasteiger partial charge in [-0.2, -0.15) is 0 Å². The van der Waals surface area contributed by atoms with Crippen LogP contribution < -0.4 is 5.32 Å². The van der Waals surface area contributed by atoms with Crippen LogP contribution in [0.3, 0.4) is 0 Å². The van der Waals surface area contributed by atoms with Crippen molar-refractivity contribution in [3.8, 4) is 0 Å². The number of rotatable bonds is 6. The zero-order valence-corrected chi connectivity index (χ0v) is 13.3. The molecule has 2 aliphatic heterocycles. The van der Waals surface area contributed by atoms with Crippen molar-refractivity contribution in [3.63, 3.8) is 0 Å². The summed E-state index contributed by atoms with van der Waals surface area (Å²) >= 11 is 1.82. The highest BCUT2D eigenvalue weighted by molar-refractivity contribution is 7.99. The van der Waals surface area contributed by atoms with Crippen LogP contribution in [0.4, 0.5) is 0 Å². The van der Waals surface area contributed by atoms with Crippen molar-refractivity contribution in [1.29, 1.82) is 0 Å². The van der Waals surface area contributed by atoms with Crippen LogP contribution in [0.1, 0.15) is 31.0 Å². The summed E-state index contributed by atoms with van der Waals surface area (Å²) in [7, 11) is 0. The molecule has 116 valence electrons. The molecule has 0 aliphatic carbocycles. The van der Waals surface area contributed by atoms with Crippen LogP contribution in [0, 0.1) is 5.92 Å². The smallest absolute Gasteiger partial charge is 0.191 e. The van der Waals surface area contributed by atoms with Crippen LogP contribution in [0.5, 0.6) is 0 Å². The predicted molar refractivity (Wildman–Crippen MR) is 84.7 cm³/mol. The molecule has 0 unspecified atom stereocenters. The van der Waals surface area contributed by atoms with Gasteiger partial charge < -0.3 is 14.6 Å². The number of allylic oxidation sites excluding steroid dienone is 1. The van der Waals surface area contributed by atoms with Gasteiger partial charge in [0.15, 0.2) is 5.16 Å². The lowest BCUT2D eigenvalue weighted by Crippen LogP contribution is -2.28. The van der Waals surface area contributed by atoms with Gasteiger partial charge in [0.25, 0.3) is 0 Å². The maximum atomic E-state index is 5.44. The Bertz CT molecular complexity index is 464. The summed E-state index contributed by atoms with van der Waals surface area (Å²) < 4.78 is 7.70. The van der Waals surface area contributed by atoms with Crippen LogP contribution in [0.15, 0.2) is 17.8 Å². The molecule has 1 aromatic heterocycles. The summed E-state index contributed by atoms with van der Waals surface area (Å²) in [6.45, 7) is 8.64. The van der Waals surface area contributed by atoms with Gasteiger partial charge in [-0.1, -0.05) is 17.8 Å². The molecule has 0 saturated carbocycles. The Hall–Kier alpha value is -0.850. The second-order valence-electron chi connectivity index (χ2n) is 5.80. The summed E-state index contributed by atoms with van der Waals surface area (Å²) in [5.74, 6) is 3.40. The van der Waals surface area contributed by atoms with E-state index < -0.39 is 0 Å². The van der Waals surface area contributed by atoms with Crippen LogP contribution in [0.2, 0.25) is 0 Å². The molecule has 0 amide bonds. The summed E-state index contributed by atoms with van der Waals surface area (Å²) in [6.07, 6.45) is 5.41. The lowest BCUT2D eigenvalue weighted by Gasteiger charge is -2.22. The van der Waals surface area contributed by atoms with E-state index in [0.717, 1.165) is 62.4 Å². The minimum atomic E-state index is 0.530. The molecular formula is C15H24N4OS. The van der Waals surface area contributed by atoms with E-state index in [1.807, 2.05) is 17.8 Å². The first-order valence-electron chi connectivity index (χ1n) is 7.83. The van der Waals surface area contributed by atoms with Gasteiger partial charge in [0.05, 0.1) is 6.61 Å². The van der Waals surface area contributed by atoms with Crippen molar-refractivity contribution in [2.75, 3.05) is 32.1 Å². The Morgan fingerprint density at radius 3 is 2.90 bits per heavy atom. The lowest BCUT2D eigenvalue weighted by atomic mass is 9.97. The quantitative estimate of drug-likeness (QED) is 0.644. The maximum Gasteiger partial charge on any atom is 0.191 e. The molecule has 1 N–H and O–H groups in total. The van der Waals surface area contributed by atoms with Gasteiger partial charge in [-0.05, 0) is 38.3 Å². The molecule has 2 fully saturated rings. The number of hydrogen-bond acceptors (Lipinski definition) is 5. The van der Waals surface area contributed by atoms with Crippen molar-refractivity contribution >= 4 is 11.8 Å². The molecule has 2 saturated heterocycles. The molecule has 6 heteroatoms. The third kappa shape index (κ3) is 3.67. The summed E-state index contributed by atoms with van der Waals surface area (Å²) in [5, 5.41) is 13.4. The van der Waals surface area contributed by atoms with Crippen LogP contribution in [0.25, 0.3) is 0 Å². The number of piperidine rings is 1. The van der Waals surface area contributed by atoms with E-state index in [0.29, 0.717) is 11.8 Å². The van der Waals surface area contributed by atoms with E-state index in [-0.39, 0.29) is 0 Å². The second-order valence-corrected chi connectivity index (χ2v) is 6.79. The standard InChI is InChI=1S/C15H24N4OS/c1-2-8-19-14(13-3-6-16-7-4-13)17-18-15(19)21-11-12-5-9-20-10-12/h2,12-13,16H,1,3-11H2/t12-/m1/s1. The fraction of sp³-hybridized carbons (Fsp3) is 0.733. The van der Waals surface area contributed by atoms with Crippen molar-refractivity contribution in [1.82, 2.24) is 20.1 Å². The highest BCUT2D eigenvalue weighted by Crippen LogP contribution is 2.29. The van der Waals surface area contributed by atoms with E-state index >= 15 is 0 Å². The zero-order valence-electron chi connectivity index (χ0n) is 12.5. The highest BCUT2D eigenvalue weighted by Gasteiger charge is 2.24. The molecule has 1 aromatic rings. The third-order valence-corrected chi connectivity index (χ3v) is 5.43. The molecule has 0 radical (unpaired) electrons.